The van der Waals surface area contributed by atoms with Crippen molar-refractivity contribution in [1.82, 2.24) is 4.90 Å². The minimum atomic E-state index is -0.485. The van der Waals surface area contributed by atoms with E-state index >= 15 is 0 Å². The van der Waals surface area contributed by atoms with Crippen LogP contribution in [0, 0.1) is 10.1 Å². The fourth-order valence-electron chi connectivity index (χ4n) is 4.07. The van der Waals surface area contributed by atoms with Crippen molar-refractivity contribution in [2.24, 2.45) is 5.73 Å². The minimum Gasteiger partial charge on any atom is -0.369 e. The van der Waals surface area contributed by atoms with Crippen LogP contribution in [0.4, 0.5) is 16.4 Å². The number of nitrogens with two attached hydrogens (primary N) is 1. The molecule has 1 aliphatic heterocycles. The van der Waals surface area contributed by atoms with E-state index in [4.69, 9.17) is 5.73 Å². The van der Waals surface area contributed by atoms with Gasteiger partial charge in [-0.3, -0.25) is 24.6 Å². The van der Waals surface area contributed by atoms with Crippen molar-refractivity contribution in [3.63, 3.8) is 0 Å². The summed E-state index contributed by atoms with van der Waals surface area (Å²) in [6.07, 6.45) is 2.79. The van der Waals surface area contributed by atoms with Gasteiger partial charge in [-0.05, 0) is 37.0 Å². The van der Waals surface area contributed by atoms with Crippen molar-refractivity contribution >= 4 is 39.5 Å². The SMILES string of the molecule is NC(=O)c1c(NC(=O)CN2CCN(c3ccc([N+](=O)[O-])cc3)CC2)sc2c1CCC2. The average molecular weight is 430 g/mol. The highest BCUT2D eigenvalue weighted by Gasteiger charge is 2.27. The maximum atomic E-state index is 12.6. The Kier molecular flexibility index (Phi) is 5.69. The predicted octanol–water partition coefficient (Wildman–Crippen LogP) is 2.00. The number of anilines is 2. The number of non-ortho nitro benzene ring substituents is 1. The standard InChI is InChI=1S/C20H23N5O4S/c21-19(27)18-15-2-1-3-16(15)30-20(18)22-17(26)12-23-8-10-24(11-9-23)13-4-6-14(7-5-13)25(28)29/h4-7H,1-3,8-12H2,(H2,21,27)(H,22,26). The molecule has 158 valence electrons. The summed E-state index contributed by atoms with van der Waals surface area (Å²) < 4.78 is 0. The molecule has 0 spiro atoms. The summed E-state index contributed by atoms with van der Waals surface area (Å²) in [7, 11) is 0. The second kappa shape index (κ2) is 8.41. The third-order valence-corrected chi connectivity index (χ3v) is 6.79. The van der Waals surface area contributed by atoms with E-state index in [1.54, 1.807) is 12.1 Å². The van der Waals surface area contributed by atoms with E-state index < -0.39 is 10.8 Å². The number of carbonyl (C=O) groups excluding carboxylic acids is 2. The van der Waals surface area contributed by atoms with Crippen molar-refractivity contribution in [3.8, 4) is 0 Å². The van der Waals surface area contributed by atoms with Crippen LogP contribution in [0.2, 0.25) is 0 Å². The summed E-state index contributed by atoms with van der Waals surface area (Å²) in [5.74, 6) is -0.636. The van der Waals surface area contributed by atoms with Crippen LogP contribution in [0.15, 0.2) is 24.3 Å². The Balaban J connectivity index is 1.32. The molecular weight excluding hydrogens is 406 g/mol. The number of aryl methyl sites for hydroxylation is 1. The first-order valence-electron chi connectivity index (χ1n) is 9.88. The Morgan fingerprint density at radius 3 is 2.47 bits per heavy atom. The fourth-order valence-corrected chi connectivity index (χ4v) is 5.38. The molecule has 9 nitrogen and oxygen atoms in total. The van der Waals surface area contributed by atoms with Crippen molar-refractivity contribution in [2.45, 2.75) is 19.3 Å². The zero-order chi connectivity index (χ0) is 21.3. The van der Waals surface area contributed by atoms with Crippen LogP contribution >= 0.6 is 11.3 Å². The summed E-state index contributed by atoms with van der Waals surface area (Å²) >= 11 is 1.46. The molecule has 0 bridgehead atoms. The molecule has 2 aliphatic rings. The summed E-state index contributed by atoms with van der Waals surface area (Å²) in [4.78, 5) is 40.2. The molecule has 2 heterocycles. The first-order valence-corrected chi connectivity index (χ1v) is 10.7. The molecule has 0 saturated carbocycles. The van der Waals surface area contributed by atoms with E-state index in [2.05, 4.69) is 15.1 Å². The van der Waals surface area contributed by atoms with Crippen LogP contribution in [0.1, 0.15) is 27.2 Å². The number of nitro benzene ring substituents is 1. The normalized spacial score (nSPS) is 16.3. The van der Waals surface area contributed by atoms with E-state index in [9.17, 15) is 19.7 Å². The lowest BCUT2D eigenvalue weighted by Crippen LogP contribution is -2.48. The van der Waals surface area contributed by atoms with Gasteiger partial charge in [-0.2, -0.15) is 0 Å². The molecule has 1 saturated heterocycles. The first kappa shape index (κ1) is 20.3. The Bertz CT molecular complexity index is 980. The second-order valence-corrected chi connectivity index (χ2v) is 8.62. The smallest absolute Gasteiger partial charge is 0.269 e. The number of hydrogen-bond donors (Lipinski definition) is 2. The molecule has 2 aromatic rings. The highest BCUT2D eigenvalue weighted by atomic mass is 32.1. The topological polar surface area (TPSA) is 122 Å². The van der Waals surface area contributed by atoms with Gasteiger partial charge >= 0.3 is 0 Å². The van der Waals surface area contributed by atoms with Crippen molar-refractivity contribution in [2.75, 3.05) is 42.9 Å². The van der Waals surface area contributed by atoms with E-state index in [0.717, 1.165) is 48.5 Å². The molecule has 3 N–H and O–H groups in total. The Labute approximate surface area is 177 Å². The molecule has 1 aliphatic carbocycles. The Morgan fingerprint density at radius 2 is 1.83 bits per heavy atom. The van der Waals surface area contributed by atoms with Crippen LogP contribution in [0.3, 0.4) is 0 Å². The van der Waals surface area contributed by atoms with Gasteiger partial charge in [-0.1, -0.05) is 0 Å². The summed E-state index contributed by atoms with van der Waals surface area (Å²) in [5.41, 5.74) is 8.03. The van der Waals surface area contributed by atoms with Crippen molar-refractivity contribution in [3.05, 3.63) is 50.4 Å². The molecule has 10 heteroatoms. The van der Waals surface area contributed by atoms with Crippen molar-refractivity contribution in [1.29, 1.82) is 0 Å². The number of thiophene rings is 1. The first-order chi connectivity index (χ1) is 14.4. The lowest BCUT2D eigenvalue weighted by Gasteiger charge is -2.35. The van der Waals surface area contributed by atoms with E-state index in [1.165, 1.54) is 23.5 Å². The summed E-state index contributed by atoms with van der Waals surface area (Å²) in [6.45, 7) is 3.10. The molecule has 0 radical (unpaired) electrons. The summed E-state index contributed by atoms with van der Waals surface area (Å²) in [5, 5.41) is 14.2. The van der Waals surface area contributed by atoms with Crippen LogP contribution in [0.5, 0.6) is 0 Å². The molecule has 1 fully saturated rings. The molecule has 1 aromatic heterocycles. The number of fused-ring (bicyclic) bond motifs is 1. The number of hydrogen-bond acceptors (Lipinski definition) is 7. The molecule has 2 amide bonds. The molecule has 0 atom stereocenters. The number of nitro groups is 1. The molecule has 30 heavy (non-hydrogen) atoms. The second-order valence-electron chi connectivity index (χ2n) is 7.51. The van der Waals surface area contributed by atoms with Gasteiger partial charge in [-0.25, -0.2) is 0 Å². The number of piperazine rings is 1. The maximum absolute atomic E-state index is 12.6. The zero-order valence-corrected chi connectivity index (χ0v) is 17.2. The van der Waals surface area contributed by atoms with Gasteiger partial charge in [-0.15, -0.1) is 11.3 Å². The fraction of sp³-hybridized carbons (Fsp3) is 0.400. The monoisotopic (exact) mass is 429 g/mol. The van der Waals surface area contributed by atoms with Gasteiger partial charge in [0.05, 0.1) is 17.0 Å². The Morgan fingerprint density at radius 1 is 1.13 bits per heavy atom. The third-order valence-electron chi connectivity index (χ3n) is 5.59. The molecule has 1 aromatic carbocycles. The minimum absolute atomic E-state index is 0.0731. The average Bonchev–Trinajstić information content (AvgIpc) is 3.29. The zero-order valence-electron chi connectivity index (χ0n) is 16.4. The Hall–Kier alpha value is -2.98. The number of benzene rings is 1. The van der Waals surface area contributed by atoms with E-state index in [0.29, 0.717) is 23.7 Å². The highest BCUT2D eigenvalue weighted by Crippen LogP contribution is 2.38. The quantitative estimate of drug-likeness (QED) is 0.535. The maximum Gasteiger partial charge on any atom is 0.269 e. The molecule has 0 unspecified atom stereocenters. The van der Waals surface area contributed by atoms with E-state index in [1.807, 2.05) is 0 Å². The predicted molar refractivity (Wildman–Crippen MR) is 115 cm³/mol. The van der Waals surface area contributed by atoms with Gasteiger partial charge in [0.15, 0.2) is 0 Å². The van der Waals surface area contributed by atoms with Gasteiger partial charge in [0.2, 0.25) is 5.91 Å². The van der Waals surface area contributed by atoms with Crippen LogP contribution in [-0.2, 0) is 17.6 Å². The number of nitrogens with one attached hydrogen (secondary N) is 1. The third kappa shape index (κ3) is 4.14. The van der Waals surface area contributed by atoms with Gasteiger partial charge in [0, 0.05) is 48.9 Å². The number of nitrogens with zero attached hydrogens (tertiary/aromatic N) is 3. The number of rotatable bonds is 6. The molecule has 4 rings (SSSR count). The largest absolute Gasteiger partial charge is 0.369 e. The lowest BCUT2D eigenvalue weighted by molar-refractivity contribution is -0.384. The number of primary amides is 1. The number of carbonyl (C=O) groups is 2. The van der Waals surface area contributed by atoms with Gasteiger partial charge < -0.3 is 16.0 Å². The highest BCUT2D eigenvalue weighted by molar-refractivity contribution is 7.17. The summed E-state index contributed by atoms with van der Waals surface area (Å²) in [6, 6.07) is 6.51. The van der Waals surface area contributed by atoms with E-state index in [-0.39, 0.29) is 18.1 Å². The lowest BCUT2D eigenvalue weighted by atomic mass is 10.1. The van der Waals surface area contributed by atoms with Gasteiger partial charge in [0.25, 0.3) is 11.6 Å². The van der Waals surface area contributed by atoms with Crippen molar-refractivity contribution < 1.29 is 14.5 Å². The van der Waals surface area contributed by atoms with Crippen LogP contribution < -0.4 is 16.0 Å². The van der Waals surface area contributed by atoms with Crippen LogP contribution in [0.25, 0.3) is 0 Å². The number of amides is 2. The van der Waals surface area contributed by atoms with Crippen LogP contribution in [-0.4, -0.2) is 54.4 Å². The van der Waals surface area contributed by atoms with Gasteiger partial charge in [0.1, 0.15) is 5.00 Å². The molecular formula is C20H23N5O4S.